The minimum atomic E-state index is -0.237. The third-order valence-electron chi connectivity index (χ3n) is 2.89. The van der Waals surface area contributed by atoms with Crippen LogP contribution in [-0.2, 0) is 9.47 Å². The van der Waals surface area contributed by atoms with Crippen LogP contribution < -0.4 is 5.73 Å². The van der Waals surface area contributed by atoms with Gasteiger partial charge in [-0.1, -0.05) is 13.8 Å². The molecule has 1 atom stereocenters. The second-order valence-corrected chi connectivity index (χ2v) is 4.91. The third kappa shape index (κ3) is 6.00. The Morgan fingerprint density at radius 1 is 1.53 bits per heavy atom. The molecule has 1 rings (SSSR count). The summed E-state index contributed by atoms with van der Waals surface area (Å²) in [6.45, 7) is 9.13. The first kappa shape index (κ1) is 14.4. The van der Waals surface area contributed by atoms with Gasteiger partial charge in [0.15, 0.2) is 0 Å². The quantitative estimate of drug-likeness (QED) is 0.392. The molecule has 1 aliphatic heterocycles. The smallest absolute Gasteiger partial charge is 0.127 e. The summed E-state index contributed by atoms with van der Waals surface area (Å²) in [5.41, 5.74) is 5.44. The van der Waals surface area contributed by atoms with Gasteiger partial charge in [0.25, 0.3) is 0 Å². The van der Waals surface area contributed by atoms with Crippen LogP contribution in [0.25, 0.3) is 0 Å². The predicted molar refractivity (Wildman–Crippen MR) is 68.4 cm³/mol. The summed E-state index contributed by atoms with van der Waals surface area (Å²) < 4.78 is 11.0. The van der Waals surface area contributed by atoms with Crippen molar-refractivity contribution in [1.29, 1.82) is 5.41 Å². The summed E-state index contributed by atoms with van der Waals surface area (Å²) >= 11 is 0. The summed E-state index contributed by atoms with van der Waals surface area (Å²) in [4.78, 5) is 2.24. The second kappa shape index (κ2) is 7.63. The largest absolute Gasteiger partial charge is 0.385 e. The van der Waals surface area contributed by atoms with E-state index in [2.05, 4.69) is 18.7 Å². The van der Waals surface area contributed by atoms with Gasteiger partial charge in [0.2, 0.25) is 0 Å². The summed E-state index contributed by atoms with van der Waals surface area (Å²) in [5, 5.41) is 7.36. The Morgan fingerprint density at radius 2 is 2.29 bits per heavy atom. The molecule has 1 saturated heterocycles. The van der Waals surface area contributed by atoms with Gasteiger partial charge in [0.1, 0.15) is 11.9 Å². The van der Waals surface area contributed by atoms with E-state index in [1.807, 2.05) is 0 Å². The van der Waals surface area contributed by atoms with Gasteiger partial charge in [0.05, 0.1) is 13.2 Å². The Kier molecular flexibility index (Phi) is 6.47. The van der Waals surface area contributed by atoms with Crippen LogP contribution in [0.15, 0.2) is 0 Å². The van der Waals surface area contributed by atoms with Crippen molar-refractivity contribution in [3.05, 3.63) is 0 Å². The standard InChI is InChI=1S/C12H25N3O2/c1-10(2)3-6-16-7-4-15-5-8-17-11(9-15)12(13)14/h10-11H,3-9H2,1-2H3,(H3,13,14). The molecule has 0 bridgehead atoms. The normalized spacial score (nSPS) is 21.9. The van der Waals surface area contributed by atoms with Gasteiger partial charge in [-0.25, -0.2) is 0 Å². The van der Waals surface area contributed by atoms with E-state index in [-0.39, 0.29) is 11.9 Å². The zero-order chi connectivity index (χ0) is 12.7. The average molecular weight is 243 g/mol. The van der Waals surface area contributed by atoms with E-state index in [9.17, 15) is 0 Å². The summed E-state index contributed by atoms with van der Waals surface area (Å²) in [5.74, 6) is 0.816. The molecule has 100 valence electrons. The molecule has 1 unspecified atom stereocenters. The van der Waals surface area contributed by atoms with Crippen molar-refractivity contribution in [1.82, 2.24) is 4.90 Å². The number of hydrogen-bond donors (Lipinski definition) is 2. The molecule has 1 aliphatic rings. The van der Waals surface area contributed by atoms with Crippen molar-refractivity contribution in [2.45, 2.75) is 26.4 Å². The van der Waals surface area contributed by atoms with Crippen molar-refractivity contribution in [2.24, 2.45) is 11.7 Å². The second-order valence-electron chi connectivity index (χ2n) is 4.91. The molecule has 1 heterocycles. The number of rotatable bonds is 7. The lowest BCUT2D eigenvalue weighted by Gasteiger charge is -2.32. The van der Waals surface area contributed by atoms with Gasteiger partial charge in [0, 0.05) is 26.2 Å². The number of morpholine rings is 1. The maximum atomic E-state index is 7.36. The highest BCUT2D eigenvalue weighted by Crippen LogP contribution is 2.05. The summed E-state index contributed by atoms with van der Waals surface area (Å²) in [6.07, 6.45) is 0.874. The topological polar surface area (TPSA) is 71.6 Å². The van der Waals surface area contributed by atoms with Crippen LogP contribution in [0.5, 0.6) is 0 Å². The Balaban J connectivity index is 2.08. The molecule has 0 spiro atoms. The molecule has 0 saturated carbocycles. The minimum absolute atomic E-state index is 0.121. The summed E-state index contributed by atoms with van der Waals surface area (Å²) in [6, 6.07) is 0. The molecular formula is C12H25N3O2. The van der Waals surface area contributed by atoms with Crippen LogP contribution in [-0.4, -0.2) is 56.3 Å². The van der Waals surface area contributed by atoms with Gasteiger partial charge in [-0.3, -0.25) is 10.3 Å². The zero-order valence-electron chi connectivity index (χ0n) is 10.9. The molecule has 0 aliphatic carbocycles. The highest BCUT2D eigenvalue weighted by molar-refractivity contribution is 5.82. The molecule has 0 aromatic heterocycles. The van der Waals surface area contributed by atoms with Crippen LogP contribution in [0, 0.1) is 11.3 Å². The fourth-order valence-corrected chi connectivity index (χ4v) is 1.71. The van der Waals surface area contributed by atoms with E-state index in [1.165, 1.54) is 0 Å². The van der Waals surface area contributed by atoms with Crippen LogP contribution in [0.2, 0.25) is 0 Å². The molecule has 5 nitrogen and oxygen atoms in total. The minimum Gasteiger partial charge on any atom is -0.385 e. The van der Waals surface area contributed by atoms with E-state index in [0.29, 0.717) is 19.1 Å². The molecule has 1 fully saturated rings. The summed E-state index contributed by atoms with van der Waals surface area (Å²) in [7, 11) is 0. The Morgan fingerprint density at radius 3 is 2.94 bits per heavy atom. The maximum absolute atomic E-state index is 7.36. The van der Waals surface area contributed by atoms with Crippen molar-refractivity contribution in [3.8, 4) is 0 Å². The lowest BCUT2D eigenvalue weighted by atomic mass is 10.1. The molecule has 0 aromatic rings. The Bertz CT molecular complexity index is 234. The number of nitrogens with zero attached hydrogens (tertiary/aromatic N) is 1. The van der Waals surface area contributed by atoms with E-state index in [1.54, 1.807) is 0 Å². The van der Waals surface area contributed by atoms with E-state index >= 15 is 0 Å². The first-order chi connectivity index (χ1) is 8.09. The fourth-order valence-electron chi connectivity index (χ4n) is 1.71. The SMILES string of the molecule is CC(C)CCOCCN1CCOC(C(=N)N)C1. The van der Waals surface area contributed by atoms with Gasteiger partial charge in [-0.05, 0) is 12.3 Å². The van der Waals surface area contributed by atoms with Crippen molar-refractivity contribution in [3.63, 3.8) is 0 Å². The molecule has 3 N–H and O–H groups in total. The predicted octanol–water partition coefficient (Wildman–Crippen LogP) is 0.686. The van der Waals surface area contributed by atoms with Crippen LogP contribution in [0.1, 0.15) is 20.3 Å². The number of amidine groups is 1. The number of nitrogens with two attached hydrogens (primary N) is 1. The molecule has 0 aromatic carbocycles. The van der Waals surface area contributed by atoms with Gasteiger partial charge >= 0.3 is 0 Å². The van der Waals surface area contributed by atoms with Gasteiger partial charge in [-0.15, -0.1) is 0 Å². The van der Waals surface area contributed by atoms with Crippen molar-refractivity contribution >= 4 is 5.84 Å². The van der Waals surface area contributed by atoms with Crippen LogP contribution in [0.3, 0.4) is 0 Å². The lowest BCUT2D eigenvalue weighted by Crippen LogP contribution is -2.48. The maximum Gasteiger partial charge on any atom is 0.127 e. The number of ether oxygens (including phenoxy) is 2. The Labute approximate surface area is 104 Å². The molecule has 17 heavy (non-hydrogen) atoms. The molecular weight excluding hydrogens is 218 g/mol. The Hall–Kier alpha value is -0.650. The van der Waals surface area contributed by atoms with E-state index < -0.39 is 0 Å². The first-order valence-electron chi connectivity index (χ1n) is 6.35. The number of nitrogens with one attached hydrogen (secondary N) is 1. The fraction of sp³-hybridized carbons (Fsp3) is 0.917. The molecule has 0 radical (unpaired) electrons. The monoisotopic (exact) mass is 243 g/mol. The third-order valence-corrected chi connectivity index (χ3v) is 2.89. The van der Waals surface area contributed by atoms with Gasteiger partial charge in [-0.2, -0.15) is 0 Å². The molecule has 5 heteroatoms. The van der Waals surface area contributed by atoms with E-state index in [4.69, 9.17) is 20.6 Å². The van der Waals surface area contributed by atoms with Gasteiger partial charge < -0.3 is 15.2 Å². The highest BCUT2D eigenvalue weighted by atomic mass is 16.5. The lowest BCUT2D eigenvalue weighted by molar-refractivity contribution is -0.00666. The zero-order valence-corrected chi connectivity index (χ0v) is 10.9. The number of hydrogen-bond acceptors (Lipinski definition) is 4. The van der Waals surface area contributed by atoms with Crippen LogP contribution >= 0.6 is 0 Å². The van der Waals surface area contributed by atoms with Crippen LogP contribution in [0.4, 0.5) is 0 Å². The average Bonchev–Trinajstić information content (AvgIpc) is 2.28. The molecule has 0 amide bonds. The first-order valence-corrected chi connectivity index (χ1v) is 6.35. The van der Waals surface area contributed by atoms with Crippen molar-refractivity contribution in [2.75, 3.05) is 39.5 Å². The highest BCUT2D eigenvalue weighted by Gasteiger charge is 2.22. The van der Waals surface area contributed by atoms with Crippen molar-refractivity contribution < 1.29 is 9.47 Å². The van der Waals surface area contributed by atoms with E-state index in [0.717, 1.165) is 32.7 Å².